The summed E-state index contributed by atoms with van der Waals surface area (Å²) in [4.78, 5) is 16.4. The molecule has 1 amide bonds. The number of para-hydroxylation sites is 1. The van der Waals surface area contributed by atoms with Crippen LogP contribution in [0.2, 0.25) is 0 Å². The Morgan fingerprint density at radius 3 is 2.52 bits per heavy atom. The van der Waals surface area contributed by atoms with E-state index in [-0.39, 0.29) is 5.92 Å². The quantitative estimate of drug-likeness (QED) is 0.895. The molecule has 0 aliphatic carbocycles. The molecule has 1 unspecified atom stereocenters. The Bertz CT molecular complexity index is 799. The van der Waals surface area contributed by atoms with Crippen LogP contribution in [0.15, 0.2) is 47.5 Å². The third-order valence-electron chi connectivity index (χ3n) is 3.89. The van der Waals surface area contributed by atoms with Gasteiger partial charge in [-0.2, -0.15) is 0 Å². The fourth-order valence-electron chi connectivity index (χ4n) is 2.72. The fourth-order valence-corrected chi connectivity index (χ4v) is 2.72. The first-order valence-electron chi connectivity index (χ1n) is 7.51. The second-order valence-electron chi connectivity index (χ2n) is 5.82. The number of hydrogen-bond acceptors (Lipinski definition) is 3. The molecule has 0 spiro atoms. The fraction of sp³-hybridized carbons (Fsp3) is 0.222. The standard InChI is InChI=1S/C18H18FN3O/c1-10(2)11-7-5-8-13-15(11)22-18(23)17(20)21-16(13)12-6-3-4-9-14(12)19/h3-10,17H,20H2,1-2H3,(H,22,23). The summed E-state index contributed by atoms with van der Waals surface area (Å²) >= 11 is 0. The Labute approximate surface area is 134 Å². The van der Waals surface area contributed by atoms with E-state index < -0.39 is 17.9 Å². The smallest absolute Gasteiger partial charge is 0.263 e. The largest absolute Gasteiger partial charge is 0.322 e. The highest BCUT2D eigenvalue weighted by atomic mass is 19.1. The van der Waals surface area contributed by atoms with Gasteiger partial charge in [-0.1, -0.05) is 44.2 Å². The van der Waals surface area contributed by atoms with Crippen molar-refractivity contribution >= 4 is 17.3 Å². The summed E-state index contributed by atoms with van der Waals surface area (Å²) in [5.41, 5.74) is 8.87. The molecule has 0 saturated carbocycles. The van der Waals surface area contributed by atoms with Crippen LogP contribution in [0.4, 0.5) is 10.1 Å². The SMILES string of the molecule is CC(C)c1cccc2c1NC(=O)C(N)N=C2c1ccccc1F. The van der Waals surface area contributed by atoms with Crippen LogP contribution in [0.3, 0.4) is 0 Å². The number of fused-ring (bicyclic) bond motifs is 1. The lowest BCUT2D eigenvalue weighted by molar-refractivity contribution is -0.117. The van der Waals surface area contributed by atoms with E-state index in [9.17, 15) is 9.18 Å². The number of benzene rings is 2. The van der Waals surface area contributed by atoms with E-state index in [1.54, 1.807) is 18.2 Å². The van der Waals surface area contributed by atoms with Crippen molar-refractivity contribution in [1.82, 2.24) is 0 Å². The molecule has 0 radical (unpaired) electrons. The lowest BCUT2D eigenvalue weighted by atomic mass is 9.93. The van der Waals surface area contributed by atoms with Crippen molar-refractivity contribution in [1.29, 1.82) is 0 Å². The van der Waals surface area contributed by atoms with Gasteiger partial charge in [-0.15, -0.1) is 0 Å². The number of anilines is 1. The normalized spacial score (nSPS) is 17.3. The van der Waals surface area contributed by atoms with Crippen molar-refractivity contribution in [3.8, 4) is 0 Å². The molecule has 4 nitrogen and oxygen atoms in total. The number of carbonyl (C=O) groups excluding carboxylic acids is 1. The number of benzodiazepines with no additional fused rings is 1. The van der Waals surface area contributed by atoms with Crippen LogP contribution in [0.25, 0.3) is 0 Å². The molecular weight excluding hydrogens is 293 g/mol. The van der Waals surface area contributed by atoms with Crippen LogP contribution in [0.5, 0.6) is 0 Å². The maximum absolute atomic E-state index is 14.3. The summed E-state index contributed by atoms with van der Waals surface area (Å²) in [5.74, 6) is -0.596. The molecule has 0 bridgehead atoms. The molecule has 118 valence electrons. The molecule has 3 N–H and O–H groups in total. The number of rotatable bonds is 2. The first-order valence-corrected chi connectivity index (χ1v) is 7.51. The van der Waals surface area contributed by atoms with Gasteiger partial charge in [0.15, 0.2) is 6.17 Å². The summed E-state index contributed by atoms with van der Waals surface area (Å²) in [6.07, 6.45) is -1.07. The Kier molecular flexibility index (Phi) is 3.96. The van der Waals surface area contributed by atoms with Gasteiger partial charge in [0.1, 0.15) is 5.82 Å². The molecular formula is C18H18FN3O. The predicted molar refractivity (Wildman–Crippen MR) is 89.2 cm³/mol. The number of nitrogens with one attached hydrogen (secondary N) is 1. The summed E-state index contributed by atoms with van der Waals surface area (Å²) in [6.45, 7) is 4.07. The number of carbonyl (C=O) groups is 1. The molecule has 23 heavy (non-hydrogen) atoms. The minimum absolute atomic E-state index is 0.196. The van der Waals surface area contributed by atoms with Gasteiger partial charge in [0, 0.05) is 11.1 Å². The molecule has 2 aromatic rings. The topological polar surface area (TPSA) is 67.5 Å². The first kappa shape index (κ1) is 15.4. The number of aliphatic imine (C=N–C) groups is 1. The van der Waals surface area contributed by atoms with Crippen LogP contribution in [-0.2, 0) is 4.79 Å². The molecule has 0 fully saturated rings. The van der Waals surface area contributed by atoms with Crippen LogP contribution in [0, 0.1) is 5.82 Å². The van der Waals surface area contributed by atoms with E-state index in [0.717, 1.165) is 5.56 Å². The Balaban J connectivity index is 2.28. The molecule has 0 aromatic heterocycles. The van der Waals surface area contributed by atoms with Gasteiger partial charge in [0.2, 0.25) is 0 Å². The van der Waals surface area contributed by atoms with Crippen LogP contribution in [-0.4, -0.2) is 17.8 Å². The summed E-state index contributed by atoms with van der Waals surface area (Å²) in [5, 5.41) is 2.84. The van der Waals surface area contributed by atoms with Crippen molar-refractivity contribution in [3.63, 3.8) is 0 Å². The summed E-state index contributed by atoms with van der Waals surface area (Å²) in [7, 11) is 0. The van der Waals surface area contributed by atoms with E-state index in [0.29, 0.717) is 22.5 Å². The van der Waals surface area contributed by atoms with Gasteiger partial charge < -0.3 is 11.1 Å². The zero-order valence-electron chi connectivity index (χ0n) is 13.0. The van der Waals surface area contributed by atoms with Crippen molar-refractivity contribution in [3.05, 3.63) is 65.0 Å². The Hall–Kier alpha value is -2.53. The molecule has 1 aliphatic rings. The van der Waals surface area contributed by atoms with Gasteiger partial charge in [-0.05, 0) is 23.6 Å². The highest BCUT2D eigenvalue weighted by Gasteiger charge is 2.26. The van der Waals surface area contributed by atoms with E-state index in [1.807, 2.05) is 32.0 Å². The van der Waals surface area contributed by atoms with Gasteiger partial charge in [0.25, 0.3) is 5.91 Å². The maximum atomic E-state index is 14.3. The molecule has 2 aromatic carbocycles. The van der Waals surface area contributed by atoms with E-state index in [4.69, 9.17) is 5.73 Å². The third-order valence-corrected chi connectivity index (χ3v) is 3.89. The van der Waals surface area contributed by atoms with Crippen molar-refractivity contribution in [2.75, 3.05) is 5.32 Å². The summed E-state index contributed by atoms with van der Waals surface area (Å²) in [6, 6.07) is 12.0. The molecule has 1 aliphatic heterocycles. The van der Waals surface area contributed by atoms with Crippen LogP contribution < -0.4 is 11.1 Å². The minimum Gasteiger partial charge on any atom is -0.322 e. The predicted octanol–water partition coefficient (Wildman–Crippen LogP) is 3.02. The molecule has 1 heterocycles. The molecule has 0 saturated heterocycles. The number of hydrogen-bond donors (Lipinski definition) is 2. The molecule has 3 rings (SSSR count). The average molecular weight is 311 g/mol. The number of halogens is 1. The highest BCUT2D eigenvalue weighted by Crippen LogP contribution is 2.32. The number of nitrogens with zero attached hydrogens (tertiary/aromatic N) is 1. The second-order valence-corrected chi connectivity index (χ2v) is 5.82. The van der Waals surface area contributed by atoms with E-state index in [2.05, 4.69) is 10.3 Å². The number of amides is 1. The van der Waals surface area contributed by atoms with Crippen LogP contribution in [0.1, 0.15) is 36.5 Å². The van der Waals surface area contributed by atoms with Gasteiger partial charge in [0.05, 0.1) is 11.4 Å². The lowest BCUT2D eigenvalue weighted by Crippen LogP contribution is -2.33. The van der Waals surface area contributed by atoms with Crippen molar-refractivity contribution in [2.45, 2.75) is 25.9 Å². The second kappa shape index (κ2) is 5.93. The van der Waals surface area contributed by atoms with Gasteiger partial charge in [-0.3, -0.25) is 9.79 Å². The van der Waals surface area contributed by atoms with Crippen LogP contribution >= 0.6 is 0 Å². The van der Waals surface area contributed by atoms with E-state index in [1.165, 1.54) is 6.07 Å². The maximum Gasteiger partial charge on any atom is 0.263 e. The molecule has 5 heteroatoms. The van der Waals surface area contributed by atoms with E-state index >= 15 is 0 Å². The average Bonchev–Trinajstić information content (AvgIpc) is 2.65. The van der Waals surface area contributed by atoms with Crippen molar-refractivity contribution < 1.29 is 9.18 Å². The Morgan fingerprint density at radius 2 is 1.83 bits per heavy atom. The molecule has 1 atom stereocenters. The third kappa shape index (κ3) is 2.75. The minimum atomic E-state index is -1.07. The zero-order valence-corrected chi connectivity index (χ0v) is 13.0. The monoisotopic (exact) mass is 311 g/mol. The van der Waals surface area contributed by atoms with Gasteiger partial charge >= 0.3 is 0 Å². The first-order chi connectivity index (χ1) is 11.0. The van der Waals surface area contributed by atoms with Gasteiger partial charge in [-0.25, -0.2) is 4.39 Å². The zero-order chi connectivity index (χ0) is 16.6. The number of nitrogens with two attached hydrogens (primary N) is 1. The lowest BCUT2D eigenvalue weighted by Gasteiger charge is -2.17. The Morgan fingerprint density at radius 1 is 1.13 bits per heavy atom. The summed E-state index contributed by atoms with van der Waals surface area (Å²) < 4.78 is 14.3. The van der Waals surface area contributed by atoms with Crippen molar-refractivity contribution in [2.24, 2.45) is 10.7 Å². The highest BCUT2D eigenvalue weighted by molar-refractivity contribution is 6.20.